The normalized spacial score (nSPS) is 12.1. The fourth-order valence-electron chi connectivity index (χ4n) is 2.79. The van der Waals surface area contributed by atoms with Gasteiger partial charge < -0.3 is 10.1 Å². The van der Waals surface area contributed by atoms with Gasteiger partial charge >= 0.3 is 0 Å². The van der Waals surface area contributed by atoms with Crippen LogP contribution in [0.5, 0.6) is 5.75 Å². The maximum absolute atomic E-state index is 12.8. The molecule has 2 rings (SSSR count). The molecule has 7 heteroatoms. The zero-order valence-corrected chi connectivity index (χ0v) is 18.0. The molecular formula is C21H28N2O4S. The molecule has 0 aliphatic rings. The summed E-state index contributed by atoms with van der Waals surface area (Å²) in [6, 6.07) is 11.9. The first kappa shape index (κ1) is 21.9. The van der Waals surface area contributed by atoms with E-state index in [9.17, 15) is 13.2 Å². The first-order valence-electron chi connectivity index (χ1n) is 9.07. The summed E-state index contributed by atoms with van der Waals surface area (Å²) < 4.78 is 33.3. The van der Waals surface area contributed by atoms with Crippen molar-refractivity contribution in [2.24, 2.45) is 0 Å². The maximum Gasteiger partial charge on any atom is 0.255 e. The molecule has 0 atom stereocenters. The number of amides is 1. The second-order valence-corrected chi connectivity index (χ2v) is 9.57. The Morgan fingerprint density at radius 2 is 1.71 bits per heavy atom. The lowest BCUT2D eigenvalue weighted by molar-refractivity contribution is 0.102. The van der Waals surface area contributed by atoms with Crippen LogP contribution in [0.4, 0.5) is 5.69 Å². The Bertz CT molecular complexity index is 961. The van der Waals surface area contributed by atoms with Crippen molar-refractivity contribution >= 4 is 21.6 Å². The second kappa shape index (κ2) is 8.32. The largest absolute Gasteiger partial charge is 0.495 e. The number of methoxy groups -OCH3 is 1. The molecule has 0 aromatic heterocycles. The molecule has 0 saturated heterocycles. The van der Waals surface area contributed by atoms with Gasteiger partial charge in [-0.2, -0.15) is 0 Å². The van der Waals surface area contributed by atoms with Gasteiger partial charge in [0.05, 0.1) is 7.11 Å². The number of hydrogen-bond donors (Lipinski definition) is 2. The zero-order chi connectivity index (χ0) is 21.1. The van der Waals surface area contributed by atoms with Crippen molar-refractivity contribution in [2.45, 2.75) is 51.0 Å². The predicted octanol–water partition coefficient (Wildman–Crippen LogP) is 4.15. The Morgan fingerprint density at radius 3 is 2.29 bits per heavy atom. The van der Waals surface area contributed by atoms with Crippen LogP contribution in [0, 0.1) is 0 Å². The third kappa shape index (κ3) is 5.33. The van der Waals surface area contributed by atoms with Crippen molar-refractivity contribution in [1.29, 1.82) is 0 Å². The van der Waals surface area contributed by atoms with E-state index in [0.717, 1.165) is 5.56 Å². The van der Waals surface area contributed by atoms with E-state index in [1.807, 2.05) is 38.1 Å². The van der Waals surface area contributed by atoms with Gasteiger partial charge in [-0.25, -0.2) is 13.1 Å². The fraction of sp³-hybridized carbons (Fsp3) is 0.381. The van der Waals surface area contributed by atoms with Gasteiger partial charge in [0.2, 0.25) is 10.0 Å². The maximum atomic E-state index is 12.8. The predicted molar refractivity (Wildman–Crippen MR) is 112 cm³/mol. The summed E-state index contributed by atoms with van der Waals surface area (Å²) in [5, 5.41) is 2.88. The van der Waals surface area contributed by atoms with Crippen LogP contribution in [-0.2, 0) is 10.0 Å². The van der Waals surface area contributed by atoms with Crippen molar-refractivity contribution in [3.05, 3.63) is 53.6 Å². The van der Waals surface area contributed by atoms with E-state index in [1.54, 1.807) is 26.8 Å². The highest BCUT2D eigenvalue weighted by Gasteiger charge is 2.26. The number of benzene rings is 2. The third-order valence-corrected chi connectivity index (χ3v) is 5.77. The molecule has 0 bridgehead atoms. The summed E-state index contributed by atoms with van der Waals surface area (Å²) in [5.41, 5.74) is 1.27. The highest BCUT2D eigenvalue weighted by Crippen LogP contribution is 2.28. The van der Waals surface area contributed by atoms with Crippen LogP contribution in [0.25, 0.3) is 0 Å². The summed E-state index contributed by atoms with van der Waals surface area (Å²) in [6.07, 6.45) is 0. The Labute approximate surface area is 167 Å². The minimum atomic E-state index is -3.87. The molecule has 2 aromatic carbocycles. The Morgan fingerprint density at radius 1 is 1.07 bits per heavy atom. The van der Waals surface area contributed by atoms with Crippen LogP contribution >= 0.6 is 0 Å². The average Bonchev–Trinajstić information content (AvgIpc) is 2.59. The first-order chi connectivity index (χ1) is 12.9. The van der Waals surface area contributed by atoms with Crippen LogP contribution in [0.1, 0.15) is 56.5 Å². The monoisotopic (exact) mass is 404 g/mol. The molecule has 6 nitrogen and oxygen atoms in total. The van der Waals surface area contributed by atoms with E-state index < -0.39 is 15.6 Å². The lowest BCUT2D eigenvalue weighted by atomic mass is 10.0. The van der Waals surface area contributed by atoms with Crippen LogP contribution in [-0.4, -0.2) is 27.0 Å². The highest BCUT2D eigenvalue weighted by molar-refractivity contribution is 7.89. The lowest BCUT2D eigenvalue weighted by Gasteiger charge is -2.21. The van der Waals surface area contributed by atoms with E-state index in [0.29, 0.717) is 5.69 Å². The molecule has 2 aromatic rings. The number of sulfonamides is 1. The van der Waals surface area contributed by atoms with Crippen molar-refractivity contribution in [3.8, 4) is 5.75 Å². The summed E-state index contributed by atoms with van der Waals surface area (Å²) >= 11 is 0. The van der Waals surface area contributed by atoms with Gasteiger partial charge in [-0.15, -0.1) is 0 Å². The molecule has 0 saturated carbocycles. The number of anilines is 1. The van der Waals surface area contributed by atoms with Crippen LogP contribution < -0.4 is 14.8 Å². The minimum Gasteiger partial charge on any atom is -0.495 e. The van der Waals surface area contributed by atoms with Gasteiger partial charge in [0.15, 0.2) is 0 Å². The van der Waals surface area contributed by atoms with Gasteiger partial charge in [-0.3, -0.25) is 4.79 Å². The lowest BCUT2D eigenvalue weighted by Crippen LogP contribution is -2.40. The van der Waals surface area contributed by atoms with Crippen LogP contribution in [0.2, 0.25) is 0 Å². The number of hydrogen-bond acceptors (Lipinski definition) is 4. The molecule has 1 amide bonds. The molecule has 0 heterocycles. The van der Waals surface area contributed by atoms with E-state index in [-0.39, 0.29) is 28.0 Å². The van der Waals surface area contributed by atoms with Crippen molar-refractivity contribution < 1.29 is 17.9 Å². The smallest absolute Gasteiger partial charge is 0.255 e. The standard InChI is InChI=1S/C21H28N2O4S/c1-14(2)16-9-7-8-10-17(16)22-20(24)15-11-12-18(27-6)19(13-15)28(25,26)23-21(3,4)5/h7-14,23H,1-6H3,(H,22,24). The molecular weight excluding hydrogens is 376 g/mol. The molecule has 0 aliphatic carbocycles. The first-order valence-corrected chi connectivity index (χ1v) is 10.6. The van der Waals surface area contributed by atoms with E-state index in [4.69, 9.17) is 4.74 Å². The number of nitrogens with one attached hydrogen (secondary N) is 2. The zero-order valence-electron chi connectivity index (χ0n) is 17.2. The van der Waals surface area contributed by atoms with E-state index in [1.165, 1.54) is 19.2 Å². The number of carbonyl (C=O) groups excluding carboxylic acids is 1. The number of ether oxygens (including phenoxy) is 1. The molecule has 152 valence electrons. The van der Waals surface area contributed by atoms with Crippen molar-refractivity contribution in [2.75, 3.05) is 12.4 Å². The SMILES string of the molecule is COc1ccc(C(=O)Nc2ccccc2C(C)C)cc1S(=O)(=O)NC(C)(C)C. The number of carbonyl (C=O) groups is 1. The highest BCUT2D eigenvalue weighted by atomic mass is 32.2. The minimum absolute atomic E-state index is 0.0743. The third-order valence-electron chi connectivity index (χ3n) is 3.99. The van der Waals surface area contributed by atoms with Gasteiger partial charge in [0, 0.05) is 16.8 Å². The summed E-state index contributed by atoms with van der Waals surface area (Å²) in [5.74, 6) is 0.0261. The molecule has 28 heavy (non-hydrogen) atoms. The van der Waals surface area contributed by atoms with Crippen LogP contribution in [0.3, 0.4) is 0 Å². The van der Waals surface area contributed by atoms with Gasteiger partial charge in [-0.05, 0) is 56.5 Å². The Kier molecular flexibility index (Phi) is 6.52. The average molecular weight is 405 g/mol. The summed E-state index contributed by atoms with van der Waals surface area (Å²) in [7, 11) is -2.47. The van der Waals surface area contributed by atoms with Crippen LogP contribution in [0.15, 0.2) is 47.4 Å². The van der Waals surface area contributed by atoms with E-state index in [2.05, 4.69) is 10.0 Å². The van der Waals surface area contributed by atoms with Gasteiger partial charge in [0.25, 0.3) is 5.91 Å². The molecule has 2 N–H and O–H groups in total. The molecule has 0 fully saturated rings. The van der Waals surface area contributed by atoms with Gasteiger partial charge in [-0.1, -0.05) is 32.0 Å². The van der Waals surface area contributed by atoms with Crippen molar-refractivity contribution in [3.63, 3.8) is 0 Å². The fourth-order valence-corrected chi connectivity index (χ4v) is 4.41. The Hall–Kier alpha value is -2.38. The Balaban J connectivity index is 2.41. The number of rotatable bonds is 6. The molecule has 0 radical (unpaired) electrons. The summed E-state index contributed by atoms with van der Waals surface area (Å²) in [6.45, 7) is 9.33. The van der Waals surface area contributed by atoms with Crippen molar-refractivity contribution in [1.82, 2.24) is 4.72 Å². The van der Waals surface area contributed by atoms with Gasteiger partial charge in [0.1, 0.15) is 10.6 Å². The quantitative estimate of drug-likeness (QED) is 0.757. The topological polar surface area (TPSA) is 84.5 Å². The molecule has 0 unspecified atom stereocenters. The number of para-hydroxylation sites is 1. The second-order valence-electron chi connectivity index (χ2n) is 7.92. The summed E-state index contributed by atoms with van der Waals surface area (Å²) in [4.78, 5) is 12.7. The molecule has 0 spiro atoms. The van der Waals surface area contributed by atoms with E-state index >= 15 is 0 Å². The molecule has 0 aliphatic heterocycles.